The van der Waals surface area contributed by atoms with Crippen LogP contribution in [-0.4, -0.2) is 13.1 Å². The van der Waals surface area contributed by atoms with Gasteiger partial charge in [-0.25, -0.2) is 4.79 Å². The van der Waals surface area contributed by atoms with Crippen LogP contribution in [0.5, 0.6) is 0 Å². The molecule has 4 aliphatic carbocycles. The molecule has 0 saturated heterocycles. The maximum atomic E-state index is 11.9. The van der Waals surface area contributed by atoms with E-state index in [0.29, 0.717) is 16.7 Å². The smallest absolute Gasteiger partial charge is 0.333 e. The molecule has 3 fully saturated rings. The second kappa shape index (κ2) is 5.36. The molecular weight excluding hydrogens is 284 g/mol. The van der Waals surface area contributed by atoms with E-state index in [4.69, 9.17) is 4.74 Å². The maximum absolute atomic E-state index is 11.9. The van der Waals surface area contributed by atoms with Gasteiger partial charge in [0.2, 0.25) is 0 Å². The number of esters is 1. The summed E-state index contributed by atoms with van der Waals surface area (Å²) >= 11 is 0. The molecule has 0 bridgehead atoms. The number of hydrogen-bond acceptors (Lipinski definition) is 2. The number of rotatable bonds is 1. The lowest BCUT2D eigenvalue weighted by molar-refractivity contribution is -0.137. The molecule has 0 aromatic rings. The third-order valence-electron chi connectivity index (χ3n) is 8.51. The fourth-order valence-electron chi connectivity index (χ4n) is 7.15. The van der Waals surface area contributed by atoms with E-state index in [9.17, 15) is 4.79 Å². The molecule has 128 valence electrons. The van der Waals surface area contributed by atoms with E-state index in [0.717, 1.165) is 29.7 Å². The van der Waals surface area contributed by atoms with Gasteiger partial charge in [-0.2, -0.15) is 0 Å². The van der Waals surface area contributed by atoms with Crippen LogP contribution in [-0.2, 0) is 9.53 Å². The molecule has 0 N–H and O–H groups in total. The Balaban J connectivity index is 1.61. The van der Waals surface area contributed by atoms with Gasteiger partial charge in [0.1, 0.15) is 0 Å². The van der Waals surface area contributed by atoms with Crippen LogP contribution < -0.4 is 0 Å². The zero-order valence-electron chi connectivity index (χ0n) is 15.1. The number of allylic oxidation sites excluding steroid dienone is 1. The molecule has 4 aliphatic rings. The fourth-order valence-corrected chi connectivity index (χ4v) is 7.15. The monoisotopic (exact) mass is 316 g/mol. The van der Waals surface area contributed by atoms with Gasteiger partial charge in [0, 0.05) is 5.57 Å². The second-order valence-corrected chi connectivity index (χ2v) is 9.33. The van der Waals surface area contributed by atoms with Crippen LogP contribution in [0.15, 0.2) is 11.6 Å². The molecule has 4 rings (SSSR count). The van der Waals surface area contributed by atoms with Crippen LogP contribution in [0.25, 0.3) is 0 Å². The summed E-state index contributed by atoms with van der Waals surface area (Å²) in [6.07, 6.45) is 14.3. The summed E-state index contributed by atoms with van der Waals surface area (Å²) in [6, 6.07) is 0. The third kappa shape index (κ3) is 2.23. The topological polar surface area (TPSA) is 26.3 Å². The highest BCUT2D eigenvalue weighted by Gasteiger charge is 2.57. The predicted molar refractivity (Wildman–Crippen MR) is 91.8 cm³/mol. The van der Waals surface area contributed by atoms with Crippen molar-refractivity contribution in [2.75, 3.05) is 7.11 Å². The van der Waals surface area contributed by atoms with Crippen molar-refractivity contribution < 1.29 is 9.53 Å². The van der Waals surface area contributed by atoms with Crippen molar-refractivity contribution in [3.63, 3.8) is 0 Å². The number of ether oxygens (including phenoxy) is 1. The summed E-state index contributed by atoms with van der Waals surface area (Å²) in [5.41, 5.74) is 2.01. The van der Waals surface area contributed by atoms with Gasteiger partial charge in [0.05, 0.1) is 7.11 Å². The summed E-state index contributed by atoms with van der Waals surface area (Å²) in [7, 11) is 1.51. The lowest BCUT2D eigenvalue weighted by atomic mass is 9.46. The average molecular weight is 316 g/mol. The third-order valence-corrected chi connectivity index (χ3v) is 8.51. The maximum Gasteiger partial charge on any atom is 0.333 e. The van der Waals surface area contributed by atoms with E-state index >= 15 is 0 Å². The Morgan fingerprint density at radius 1 is 1.09 bits per heavy atom. The zero-order chi connectivity index (χ0) is 16.2. The first kappa shape index (κ1) is 15.7. The Bertz CT molecular complexity index is 536. The largest absolute Gasteiger partial charge is 0.466 e. The molecule has 6 atom stereocenters. The van der Waals surface area contributed by atoms with Crippen molar-refractivity contribution in [3.8, 4) is 0 Å². The van der Waals surface area contributed by atoms with Crippen molar-refractivity contribution in [2.24, 2.45) is 34.5 Å². The van der Waals surface area contributed by atoms with Crippen molar-refractivity contribution >= 4 is 5.97 Å². The van der Waals surface area contributed by atoms with E-state index in [2.05, 4.69) is 19.9 Å². The number of carbonyl (C=O) groups is 1. The van der Waals surface area contributed by atoms with Crippen molar-refractivity contribution in [3.05, 3.63) is 11.6 Å². The summed E-state index contributed by atoms with van der Waals surface area (Å²) in [5, 5.41) is 0. The van der Waals surface area contributed by atoms with Gasteiger partial charge in [-0.05, 0) is 85.9 Å². The molecule has 1 unspecified atom stereocenters. The minimum absolute atomic E-state index is 0.0961. The molecule has 0 aromatic heterocycles. The van der Waals surface area contributed by atoms with Gasteiger partial charge >= 0.3 is 5.97 Å². The van der Waals surface area contributed by atoms with Crippen LogP contribution in [0.3, 0.4) is 0 Å². The van der Waals surface area contributed by atoms with Crippen LogP contribution in [0, 0.1) is 34.5 Å². The number of carbonyl (C=O) groups excluding carboxylic acids is 1. The Hall–Kier alpha value is -0.790. The van der Waals surface area contributed by atoms with Crippen LogP contribution in [0.1, 0.15) is 71.6 Å². The lowest BCUT2D eigenvalue weighted by Crippen LogP contribution is -2.51. The molecule has 2 heteroatoms. The van der Waals surface area contributed by atoms with Crippen molar-refractivity contribution in [2.45, 2.75) is 71.6 Å². The van der Waals surface area contributed by atoms with Gasteiger partial charge in [-0.3, -0.25) is 0 Å². The van der Waals surface area contributed by atoms with Crippen LogP contribution in [0.2, 0.25) is 0 Å². The molecule has 0 amide bonds. The fraction of sp³-hybridized carbons (Fsp3) is 0.857. The Labute approximate surface area is 141 Å². The Morgan fingerprint density at radius 3 is 2.70 bits per heavy atom. The Morgan fingerprint density at radius 2 is 1.91 bits per heavy atom. The predicted octanol–water partition coefficient (Wildman–Crippen LogP) is 5.13. The minimum Gasteiger partial charge on any atom is -0.466 e. The first-order valence-corrected chi connectivity index (χ1v) is 9.77. The number of methoxy groups -OCH3 is 1. The van der Waals surface area contributed by atoms with E-state index in [1.807, 2.05) is 0 Å². The van der Waals surface area contributed by atoms with Gasteiger partial charge in [-0.1, -0.05) is 26.3 Å². The van der Waals surface area contributed by atoms with E-state index in [1.54, 1.807) is 0 Å². The zero-order valence-corrected chi connectivity index (χ0v) is 15.1. The highest BCUT2D eigenvalue weighted by Crippen LogP contribution is 2.65. The van der Waals surface area contributed by atoms with Gasteiger partial charge < -0.3 is 4.74 Å². The first-order chi connectivity index (χ1) is 11.0. The molecule has 0 aromatic carbocycles. The SMILES string of the molecule is COC(=O)C1=CC2CC[C@H]3[C@@H]4CCC[C@@]4(C)CC[C@@H]3[C@@]2(C)CC1. The molecule has 0 aliphatic heterocycles. The normalized spacial score (nSPS) is 48.7. The summed E-state index contributed by atoms with van der Waals surface area (Å²) in [5.74, 6) is 3.31. The Kier molecular flexibility index (Phi) is 3.66. The molecule has 0 spiro atoms. The molecule has 3 saturated carbocycles. The van der Waals surface area contributed by atoms with E-state index in [-0.39, 0.29) is 5.97 Å². The first-order valence-electron chi connectivity index (χ1n) is 9.77. The van der Waals surface area contributed by atoms with E-state index in [1.165, 1.54) is 58.5 Å². The average Bonchev–Trinajstić information content (AvgIpc) is 2.95. The quantitative estimate of drug-likeness (QED) is 0.627. The number of hydrogen-bond donors (Lipinski definition) is 0. The van der Waals surface area contributed by atoms with Gasteiger partial charge in [0.15, 0.2) is 0 Å². The second-order valence-electron chi connectivity index (χ2n) is 9.33. The molecule has 0 radical (unpaired) electrons. The standard InChI is InChI=1S/C21H32O2/c1-20-10-4-5-17(20)16-7-6-15-13-14(19(22)23-3)8-12-21(15,2)18(16)9-11-20/h13,15-18H,4-12H2,1-3H3/t15?,16-,17-,18-,20-,21-/m0/s1. The highest BCUT2D eigenvalue weighted by molar-refractivity contribution is 5.88. The summed E-state index contributed by atoms with van der Waals surface area (Å²) < 4.78 is 4.97. The highest BCUT2D eigenvalue weighted by atomic mass is 16.5. The van der Waals surface area contributed by atoms with Crippen LogP contribution >= 0.6 is 0 Å². The van der Waals surface area contributed by atoms with Crippen molar-refractivity contribution in [1.29, 1.82) is 0 Å². The summed E-state index contributed by atoms with van der Waals surface area (Å²) in [4.78, 5) is 11.9. The number of fused-ring (bicyclic) bond motifs is 5. The molecule has 2 nitrogen and oxygen atoms in total. The van der Waals surface area contributed by atoms with Crippen molar-refractivity contribution in [1.82, 2.24) is 0 Å². The lowest BCUT2D eigenvalue weighted by Gasteiger charge is -2.59. The summed E-state index contributed by atoms with van der Waals surface area (Å²) in [6.45, 7) is 5.11. The van der Waals surface area contributed by atoms with Crippen LogP contribution in [0.4, 0.5) is 0 Å². The molecule has 0 heterocycles. The van der Waals surface area contributed by atoms with Gasteiger partial charge in [-0.15, -0.1) is 0 Å². The molecule has 23 heavy (non-hydrogen) atoms. The minimum atomic E-state index is -0.0961. The van der Waals surface area contributed by atoms with E-state index < -0.39 is 0 Å². The molecular formula is C21H32O2. The van der Waals surface area contributed by atoms with Gasteiger partial charge in [0.25, 0.3) is 0 Å².